The molecule has 3 heteroatoms. The Balaban J connectivity index is 2.01. The fourth-order valence-electron chi connectivity index (χ4n) is 2.31. The quantitative estimate of drug-likeness (QED) is 0.626. The van der Waals surface area contributed by atoms with Gasteiger partial charge >= 0.3 is 0 Å². The van der Waals surface area contributed by atoms with Crippen LogP contribution in [0, 0.1) is 0 Å². The molecule has 3 nitrogen and oxygen atoms in total. The maximum Gasteiger partial charge on any atom is 0.0693 e. The van der Waals surface area contributed by atoms with E-state index in [0.29, 0.717) is 6.04 Å². The standard InChI is InChI=1S/C12H26N2O/c1-3-14(4-2)10-6-9-13-11-7-5-8-12(11)15/h11-13,15H,3-10H2,1-2H3/t11-,12-/m0/s1. The summed E-state index contributed by atoms with van der Waals surface area (Å²) in [6.07, 6.45) is 4.39. The highest BCUT2D eigenvalue weighted by molar-refractivity contribution is 4.82. The van der Waals surface area contributed by atoms with Gasteiger partial charge in [-0.3, -0.25) is 0 Å². The van der Waals surface area contributed by atoms with E-state index < -0.39 is 0 Å². The fraction of sp³-hybridized carbons (Fsp3) is 1.00. The van der Waals surface area contributed by atoms with Gasteiger partial charge in [-0.05, 0) is 51.9 Å². The van der Waals surface area contributed by atoms with E-state index in [9.17, 15) is 5.11 Å². The first-order chi connectivity index (χ1) is 7.27. The van der Waals surface area contributed by atoms with Crippen LogP contribution in [0.3, 0.4) is 0 Å². The minimum absolute atomic E-state index is 0.0987. The lowest BCUT2D eigenvalue weighted by Gasteiger charge is -2.20. The number of hydrogen-bond donors (Lipinski definition) is 2. The van der Waals surface area contributed by atoms with Crippen molar-refractivity contribution in [2.75, 3.05) is 26.2 Å². The van der Waals surface area contributed by atoms with E-state index in [1.807, 2.05) is 0 Å². The third kappa shape index (κ3) is 4.49. The van der Waals surface area contributed by atoms with Crippen LogP contribution in [0.4, 0.5) is 0 Å². The lowest BCUT2D eigenvalue weighted by molar-refractivity contribution is 0.148. The van der Waals surface area contributed by atoms with Crippen molar-refractivity contribution in [3.05, 3.63) is 0 Å². The zero-order valence-electron chi connectivity index (χ0n) is 10.2. The van der Waals surface area contributed by atoms with Crippen LogP contribution in [-0.2, 0) is 0 Å². The summed E-state index contributed by atoms with van der Waals surface area (Å²) in [4.78, 5) is 2.44. The van der Waals surface area contributed by atoms with Gasteiger partial charge in [-0.2, -0.15) is 0 Å². The van der Waals surface area contributed by atoms with Gasteiger partial charge in [-0.25, -0.2) is 0 Å². The molecule has 0 saturated heterocycles. The first-order valence-corrected chi connectivity index (χ1v) is 6.41. The molecule has 1 fully saturated rings. The average Bonchev–Trinajstić information content (AvgIpc) is 2.65. The maximum atomic E-state index is 9.62. The molecule has 0 heterocycles. The summed E-state index contributed by atoms with van der Waals surface area (Å²) in [7, 11) is 0. The van der Waals surface area contributed by atoms with E-state index in [2.05, 4.69) is 24.1 Å². The van der Waals surface area contributed by atoms with Crippen molar-refractivity contribution in [3.8, 4) is 0 Å². The highest BCUT2D eigenvalue weighted by Gasteiger charge is 2.23. The van der Waals surface area contributed by atoms with Crippen molar-refractivity contribution in [1.29, 1.82) is 0 Å². The molecule has 0 aliphatic heterocycles. The van der Waals surface area contributed by atoms with E-state index in [1.165, 1.54) is 19.4 Å². The van der Waals surface area contributed by atoms with Crippen molar-refractivity contribution in [1.82, 2.24) is 10.2 Å². The molecule has 1 saturated carbocycles. The number of aliphatic hydroxyl groups is 1. The summed E-state index contributed by atoms with van der Waals surface area (Å²) in [6.45, 7) is 8.90. The van der Waals surface area contributed by atoms with Crippen molar-refractivity contribution in [2.24, 2.45) is 0 Å². The third-order valence-electron chi connectivity index (χ3n) is 3.43. The minimum atomic E-state index is -0.0987. The van der Waals surface area contributed by atoms with Crippen molar-refractivity contribution in [3.63, 3.8) is 0 Å². The van der Waals surface area contributed by atoms with E-state index in [0.717, 1.165) is 32.5 Å². The van der Waals surface area contributed by atoms with Gasteiger partial charge in [0.25, 0.3) is 0 Å². The number of aliphatic hydroxyl groups excluding tert-OH is 1. The van der Waals surface area contributed by atoms with E-state index in [-0.39, 0.29) is 6.10 Å². The van der Waals surface area contributed by atoms with Crippen LogP contribution in [0.1, 0.15) is 39.5 Å². The Hall–Kier alpha value is -0.120. The van der Waals surface area contributed by atoms with Gasteiger partial charge in [0.1, 0.15) is 0 Å². The van der Waals surface area contributed by atoms with Gasteiger partial charge in [-0.1, -0.05) is 13.8 Å². The molecule has 0 radical (unpaired) electrons. The van der Waals surface area contributed by atoms with Gasteiger partial charge in [0, 0.05) is 6.04 Å². The Morgan fingerprint density at radius 1 is 1.27 bits per heavy atom. The molecule has 90 valence electrons. The summed E-state index contributed by atoms with van der Waals surface area (Å²) in [5, 5.41) is 13.1. The van der Waals surface area contributed by atoms with Crippen molar-refractivity contribution >= 4 is 0 Å². The number of rotatable bonds is 7. The molecule has 0 aromatic rings. The smallest absolute Gasteiger partial charge is 0.0693 e. The summed E-state index contributed by atoms with van der Waals surface area (Å²) >= 11 is 0. The highest BCUT2D eigenvalue weighted by atomic mass is 16.3. The molecule has 0 spiro atoms. The van der Waals surface area contributed by atoms with Crippen LogP contribution >= 0.6 is 0 Å². The molecule has 0 aromatic carbocycles. The molecule has 0 amide bonds. The molecule has 15 heavy (non-hydrogen) atoms. The molecule has 0 unspecified atom stereocenters. The Labute approximate surface area is 93.9 Å². The van der Waals surface area contributed by atoms with Crippen LogP contribution in [0.15, 0.2) is 0 Å². The second-order valence-electron chi connectivity index (χ2n) is 4.44. The lowest BCUT2D eigenvalue weighted by atomic mass is 10.2. The fourth-order valence-corrected chi connectivity index (χ4v) is 2.31. The lowest BCUT2D eigenvalue weighted by Crippen LogP contribution is -2.37. The van der Waals surface area contributed by atoms with Crippen LogP contribution in [0.5, 0.6) is 0 Å². The Kier molecular flexibility index (Phi) is 6.22. The summed E-state index contributed by atoms with van der Waals surface area (Å²) in [5.74, 6) is 0. The zero-order chi connectivity index (χ0) is 11.1. The largest absolute Gasteiger partial charge is 0.392 e. The maximum absolute atomic E-state index is 9.62. The first-order valence-electron chi connectivity index (χ1n) is 6.41. The van der Waals surface area contributed by atoms with Gasteiger partial charge in [0.2, 0.25) is 0 Å². The van der Waals surface area contributed by atoms with Crippen LogP contribution in [0.2, 0.25) is 0 Å². The molecule has 2 N–H and O–H groups in total. The molecule has 1 aliphatic rings. The highest BCUT2D eigenvalue weighted by Crippen LogP contribution is 2.18. The van der Waals surface area contributed by atoms with E-state index >= 15 is 0 Å². The Morgan fingerprint density at radius 3 is 2.53 bits per heavy atom. The van der Waals surface area contributed by atoms with Gasteiger partial charge < -0.3 is 15.3 Å². The molecule has 0 bridgehead atoms. The molecule has 2 atom stereocenters. The number of hydrogen-bond acceptors (Lipinski definition) is 3. The SMILES string of the molecule is CCN(CC)CCCN[C@H]1CCC[C@@H]1O. The summed E-state index contributed by atoms with van der Waals surface area (Å²) in [5.41, 5.74) is 0. The summed E-state index contributed by atoms with van der Waals surface area (Å²) in [6, 6.07) is 0.363. The predicted molar refractivity (Wildman–Crippen MR) is 64.1 cm³/mol. The second kappa shape index (κ2) is 7.20. The van der Waals surface area contributed by atoms with Gasteiger partial charge in [0.15, 0.2) is 0 Å². The van der Waals surface area contributed by atoms with E-state index in [1.54, 1.807) is 0 Å². The molecular weight excluding hydrogens is 188 g/mol. The van der Waals surface area contributed by atoms with E-state index in [4.69, 9.17) is 0 Å². The summed E-state index contributed by atoms with van der Waals surface area (Å²) < 4.78 is 0. The molecule has 1 aliphatic carbocycles. The minimum Gasteiger partial charge on any atom is -0.392 e. The van der Waals surface area contributed by atoms with Gasteiger partial charge in [-0.15, -0.1) is 0 Å². The predicted octanol–water partition coefficient (Wildman–Crippen LogP) is 1.22. The number of nitrogens with one attached hydrogen (secondary N) is 1. The van der Waals surface area contributed by atoms with Crippen LogP contribution in [-0.4, -0.2) is 48.3 Å². The second-order valence-corrected chi connectivity index (χ2v) is 4.44. The average molecular weight is 214 g/mol. The Morgan fingerprint density at radius 2 is 2.00 bits per heavy atom. The molecule has 1 rings (SSSR count). The monoisotopic (exact) mass is 214 g/mol. The van der Waals surface area contributed by atoms with Crippen molar-refractivity contribution in [2.45, 2.75) is 51.7 Å². The third-order valence-corrected chi connectivity index (χ3v) is 3.43. The zero-order valence-corrected chi connectivity index (χ0v) is 10.2. The van der Waals surface area contributed by atoms with Crippen LogP contribution in [0.25, 0.3) is 0 Å². The van der Waals surface area contributed by atoms with Gasteiger partial charge in [0.05, 0.1) is 6.10 Å². The topological polar surface area (TPSA) is 35.5 Å². The van der Waals surface area contributed by atoms with Crippen molar-refractivity contribution < 1.29 is 5.11 Å². The number of nitrogens with zero attached hydrogens (tertiary/aromatic N) is 1. The molecular formula is C12H26N2O. The Bertz CT molecular complexity index is 160. The first kappa shape index (κ1) is 12.9. The normalized spacial score (nSPS) is 26.4. The molecule has 0 aromatic heterocycles. The van der Waals surface area contributed by atoms with Crippen LogP contribution < -0.4 is 5.32 Å².